The summed E-state index contributed by atoms with van der Waals surface area (Å²) in [6.45, 7) is 4.37. The van der Waals surface area contributed by atoms with Gasteiger partial charge in [-0.05, 0) is 56.7 Å². The Labute approximate surface area is 161 Å². The van der Waals surface area contributed by atoms with Crippen LogP contribution in [0.1, 0.15) is 50.2 Å². The van der Waals surface area contributed by atoms with Crippen LogP contribution in [0.25, 0.3) is 0 Å². The zero-order valence-electron chi connectivity index (χ0n) is 16.1. The normalized spacial score (nSPS) is 29.8. The fourth-order valence-electron chi connectivity index (χ4n) is 4.73. The van der Waals surface area contributed by atoms with Gasteiger partial charge in [0.15, 0.2) is 0 Å². The van der Waals surface area contributed by atoms with Gasteiger partial charge in [0.25, 0.3) is 0 Å². The van der Waals surface area contributed by atoms with Crippen LogP contribution in [-0.2, 0) is 16.7 Å². The number of benzene rings is 1. The SMILES string of the molecule is CC(OC(N)=O)[C@H]1CCN(C2CCC(C#N)(c3cccc(CN)c3)CC2)C1. The van der Waals surface area contributed by atoms with Gasteiger partial charge in [-0.1, -0.05) is 24.3 Å². The highest BCUT2D eigenvalue weighted by Gasteiger charge is 2.41. The number of amides is 1. The maximum Gasteiger partial charge on any atom is 0.404 e. The van der Waals surface area contributed by atoms with Crippen molar-refractivity contribution in [2.45, 2.75) is 63.1 Å². The zero-order valence-corrected chi connectivity index (χ0v) is 16.1. The highest BCUT2D eigenvalue weighted by Crippen LogP contribution is 2.41. The third-order valence-corrected chi connectivity index (χ3v) is 6.48. The highest BCUT2D eigenvalue weighted by atomic mass is 16.6. The van der Waals surface area contributed by atoms with Gasteiger partial charge in [0.1, 0.15) is 6.10 Å². The van der Waals surface area contributed by atoms with Crippen molar-refractivity contribution in [1.82, 2.24) is 4.90 Å². The predicted octanol–water partition coefficient (Wildman–Crippen LogP) is 2.65. The second kappa shape index (κ2) is 8.28. The molecular weight excluding hydrogens is 340 g/mol. The van der Waals surface area contributed by atoms with Gasteiger partial charge in [0, 0.05) is 25.0 Å². The molecule has 1 heterocycles. The van der Waals surface area contributed by atoms with Crippen LogP contribution in [0, 0.1) is 17.2 Å². The third-order valence-electron chi connectivity index (χ3n) is 6.48. The van der Waals surface area contributed by atoms with Gasteiger partial charge in [-0.15, -0.1) is 0 Å². The molecule has 2 aliphatic rings. The van der Waals surface area contributed by atoms with Gasteiger partial charge in [0.2, 0.25) is 0 Å². The monoisotopic (exact) mass is 370 g/mol. The fraction of sp³-hybridized carbons (Fsp3) is 0.619. The number of likely N-dealkylation sites (tertiary alicyclic amines) is 1. The lowest BCUT2D eigenvalue weighted by Gasteiger charge is -2.39. The number of hydrogen-bond acceptors (Lipinski definition) is 5. The van der Waals surface area contributed by atoms with Crippen LogP contribution in [-0.4, -0.2) is 36.2 Å². The molecule has 1 saturated carbocycles. The Morgan fingerprint density at radius 1 is 1.41 bits per heavy atom. The Morgan fingerprint density at radius 3 is 2.78 bits per heavy atom. The Bertz CT molecular complexity index is 706. The van der Waals surface area contributed by atoms with Crippen LogP contribution in [0.4, 0.5) is 4.79 Å². The molecule has 1 unspecified atom stereocenters. The fourth-order valence-corrected chi connectivity index (χ4v) is 4.73. The van der Waals surface area contributed by atoms with E-state index in [0.717, 1.165) is 56.3 Å². The zero-order chi connectivity index (χ0) is 19.4. The van der Waals surface area contributed by atoms with E-state index in [1.165, 1.54) is 0 Å². The summed E-state index contributed by atoms with van der Waals surface area (Å²) in [5, 5.41) is 9.95. The Kier molecular flexibility index (Phi) is 6.03. The van der Waals surface area contributed by atoms with Gasteiger partial charge in [-0.25, -0.2) is 4.79 Å². The van der Waals surface area contributed by atoms with Gasteiger partial charge in [0.05, 0.1) is 11.5 Å². The molecule has 3 rings (SSSR count). The van der Waals surface area contributed by atoms with Crippen molar-refractivity contribution in [3.05, 3.63) is 35.4 Å². The number of carbonyl (C=O) groups excluding carboxylic acids is 1. The molecule has 2 fully saturated rings. The van der Waals surface area contributed by atoms with Crippen LogP contribution < -0.4 is 11.5 Å². The number of hydrogen-bond donors (Lipinski definition) is 2. The first-order valence-electron chi connectivity index (χ1n) is 9.88. The van der Waals surface area contributed by atoms with E-state index in [9.17, 15) is 10.1 Å². The standard InChI is InChI=1S/C21H30N4O2/c1-15(27-20(24)26)17-7-10-25(13-17)19-5-8-21(14-23,9-6-19)18-4-2-3-16(11-18)12-22/h2-4,11,15,17,19H,5-10,12-13,22H2,1H3,(H2,24,26)/t15?,17-,19?,21?/m0/s1. The average molecular weight is 370 g/mol. The van der Waals surface area contributed by atoms with E-state index in [0.29, 0.717) is 18.5 Å². The van der Waals surface area contributed by atoms with E-state index in [1.807, 2.05) is 19.1 Å². The summed E-state index contributed by atoms with van der Waals surface area (Å²) in [7, 11) is 0. The van der Waals surface area contributed by atoms with Crippen LogP contribution in [0.15, 0.2) is 24.3 Å². The quantitative estimate of drug-likeness (QED) is 0.829. The summed E-state index contributed by atoms with van der Waals surface area (Å²) in [5.41, 5.74) is 12.7. The molecule has 1 aromatic rings. The van der Waals surface area contributed by atoms with E-state index in [4.69, 9.17) is 16.2 Å². The molecule has 0 aromatic heterocycles. The molecule has 1 aliphatic carbocycles. The maximum absolute atomic E-state index is 11.0. The minimum Gasteiger partial charge on any atom is -0.446 e. The van der Waals surface area contributed by atoms with Crippen molar-refractivity contribution in [2.24, 2.45) is 17.4 Å². The number of nitriles is 1. The molecule has 6 nitrogen and oxygen atoms in total. The lowest BCUT2D eigenvalue weighted by molar-refractivity contribution is 0.0767. The molecule has 6 heteroatoms. The maximum atomic E-state index is 11.0. The van der Waals surface area contributed by atoms with E-state index >= 15 is 0 Å². The van der Waals surface area contributed by atoms with Gasteiger partial charge in [-0.2, -0.15) is 5.26 Å². The number of nitrogens with two attached hydrogens (primary N) is 2. The number of rotatable bonds is 5. The molecule has 4 N–H and O–H groups in total. The van der Waals surface area contributed by atoms with Crippen LogP contribution >= 0.6 is 0 Å². The summed E-state index contributed by atoms with van der Waals surface area (Å²) in [6, 6.07) is 11.3. The minimum absolute atomic E-state index is 0.145. The predicted molar refractivity (Wildman–Crippen MR) is 104 cm³/mol. The van der Waals surface area contributed by atoms with Crippen LogP contribution in [0.5, 0.6) is 0 Å². The Balaban J connectivity index is 1.61. The molecule has 2 atom stereocenters. The van der Waals surface area contributed by atoms with Crippen LogP contribution in [0.3, 0.4) is 0 Å². The summed E-state index contributed by atoms with van der Waals surface area (Å²) < 4.78 is 5.16. The molecule has 0 radical (unpaired) electrons. The van der Waals surface area contributed by atoms with E-state index in [1.54, 1.807) is 0 Å². The van der Waals surface area contributed by atoms with Crippen molar-refractivity contribution < 1.29 is 9.53 Å². The first-order chi connectivity index (χ1) is 13.0. The smallest absolute Gasteiger partial charge is 0.404 e. The molecule has 1 saturated heterocycles. The number of carbonyl (C=O) groups is 1. The van der Waals surface area contributed by atoms with Gasteiger partial charge in [-0.3, -0.25) is 4.90 Å². The molecule has 1 aliphatic heterocycles. The van der Waals surface area contributed by atoms with Crippen molar-refractivity contribution in [3.8, 4) is 6.07 Å². The summed E-state index contributed by atoms with van der Waals surface area (Å²) >= 11 is 0. The first-order valence-corrected chi connectivity index (χ1v) is 9.88. The van der Waals surface area contributed by atoms with Crippen molar-refractivity contribution >= 4 is 6.09 Å². The summed E-state index contributed by atoms with van der Waals surface area (Å²) in [4.78, 5) is 13.5. The molecule has 27 heavy (non-hydrogen) atoms. The molecule has 0 bridgehead atoms. The van der Waals surface area contributed by atoms with E-state index < -0.39 is 11.5 Å². The minimum atomic E-state index is -0.697. The second-order valence-electron chi connectivity index (χ2n) is 8.02. The molecular formula is C21H30N4O2. The first kappa shape index (κ1) is 19.7. The summed E-state index contributed by atoms with van der Waals surface area (Å²) in [6.07, 6.45) is 3.95. The second-order valence-corrected chi connectivity index (χ2v) is 8.02. The Hall–Kier alpha value is -2.10. The van der Waals surface area contributed by atoms with Crippen LogP contribution in [0.2, 0.25) is 0 Å². The highest BCUT2D eigenvalue weighted by molar-refractivity contribution is 5.64. The third kappa shape index (κ3) is 4.26. The average Bonchev–Trinajstić information content (AvgIpc) is 3.18. The number of primary amides is 1. The molecule has 146 valence electrons. The molecule has 1 amide bonds. The number of nitrogens with zero attached hydrogens (tertiary/aromatic N) is 2. The van der Waals surface area contributed by atoms with Crippen molar-refractivity contribution in [3.63, 3.8) is 0 Å². The molecule has 0 spiro atoms. The van der Waals surface area contributed by atoms with Gasteiger partial charge >= 0.3 is 6.09 Å². The largest absolute Gasteiger partial charge is 0.446 e. The topological polar surface area (TPSA) is 105 Å². The van der Waals surface area contributed by atoms with Gasteiger partial charge < -0.3 is 16.2 Å². The molecule has 1 aromatic carbocycles. The summed E-state index contributed by atoms with van der Waals surface area (Å²) in [5.74, 6) is 0.335. The van der Waals surface area contributed by atoms with Crippen molar-refractivity contribution in [1.29, 1.82) is 5.26 Å². The van der Waals surface area contributed by atoms with Crippen molar-refractivity contribution in [2.75, 3.05) is 13.1 Å². The number of ether oxygens (including phenoxy) is 1. The lowest BCUT2D eigenvalue weighted by atomic mass is 9.69. The van der Waals surface area contributed by atoms with E-state index in [-0.39, 0.29) is 6.10 Å². The lowest BCUT2D eigenvalue weighted by Crippen LogP contribution is -2.41. The Morgan fingerprint density at radius 2 is 2.15 bits per heavy atom. The van der Waals surface area contributed by atoms with E-state index in [2.05, 4.69) is 23.1 Å².